The summed E-state index contributed by atoms with van der Waals surface area (Å²) in [5, 5.41) is 2.46. The molecule has 0 fully saturated rings. The van der Waals surface area contributed by atoms with Crippen LogP contribution < -0.4 is 5.32 Å². The Bertz CT molecular complexity index is 598. The Morgan fingerprint density at radius 1 is 1.15 bits per heavy atom. The number of benzene rings is 2. The van der Waals surface area contributed by atoms with Crippen molar-refractivity contribution in [3.8, 4) is 0 Å². The van der Waals surface area contributed by atoms with Crippen LogP contribution in [0.5, 0.6) is 0 Å². The third kappa shape index (κ3) is 3.84. The molecule has 2 aromatic carbocycles. The Balaban J connectivity index is 1.99. The minimum Gasteiger partial charge on any atom is -0.325 e. The number of amides is 1. The number of anilines is 1. The van der Waals surface area contributed by atoms with Gasteiger partial charge < -0.3 is 5.32 Å². The number of rotatable bonds is 4. The molecule has 0 bridgehead atoms. The van der Waals surface area contributed by atoms with Crippen molar-refractivity contribution in [3.05, 3.63) is 59.9 Å². The van der Waals surface area contributed by atoms with Crippen molar-refractivity contribution in [2.45, 2.75) is 24.0 Å². The van der Waals surface area contributed by atoms with E-state index in [0.717, 1.165) is 11.3 Å². The zero-order valence-corrected chi connectivity index (χ0v) is 12.2. The van der Waals surface area contributed by atoms with Gasteiger partial charge in [-0.1, -0.05) is 29.8 Å². The van der Waals surface area contributed by atoms with Gasteiger partial charge in [-0.25, -0.2) is 4.39 Å². The molecule has 0 spiro atoms. The van der Waals surface area contributed by atoms with Gasteiger partial charge in [0, 0.05) is 10.6 Å². The summed E-state index contributed by atoms with van der Waals surface area (Å²) in [6.07, 6.45) is 0. The molecule has 0 aliphatic carbocycles. The Kier molecular flexibility index (Phi) is 4.79. The number of carbonyl (C=O) groups excluding carboxylic acids is 1. The van der Waals surface area contributed by atoms with Crippen LogP contribution in [0.4, 0.5) is 10.1 Å². The van der Waals surface area contributed by atoms with Crippen molar-refractivity contribution in [1.29, 1.82) is 0 Å². The molecule has 0 aliphatic heterocycles. The topological polar surface area (TPSA) is 29.1 Å². The quantitative estimate of drug-likeness (QED) is 0.852. The first kappa shape index (κ1) is 14.6. The van der Waals surface area contributed by atoms with E-state index in [1.165, 1.54) is 17.8 Å². The minimum absolute atomic E-state index is 0.137. The Morgan fingerprint density at radius 2 is 1.80 bits per heavy atom. The van der Waals surface area contributed by atoms with E-state index in [4.69, 9.17) is 0 Å². The van der Waals surface area contributed by atoms with Crippen LogP contribution in [-0.2, 0) is 4.79 Å². The highest BCUT2D eigenvalue weighted by Gasteiger charge is 2.16. The molecular formula is C16H16FNOS. The first-order chi connectivity index (χ1) is 9.56. The zero-order valence-electron chi connectivity index (χ0n) is 11.4. The van der Waals surface area contributed by atoms with Gasteiger partial charge in [0.25, 0.3) is 0 Å². The summed E-state index contributed by atoms with van der Waals surface area (Å²) in [6, 6.07) is 14.0. The molecule has 0 heterocycles. The molecule has 104 valence electrons. The van der Waals surface area contributed by atoms with E-state index in [1.807, 2.05) is 31.2 Å². The second kappa shape index (κ2) is 6.57. The lowest BCUT2D eigenvalue weighted by Crippen LogP contribution is -2.22. The summed E-state index contributed by atoms with van der Waals surface area (Å²) < 4.78 is 13.5. The predicted octanol–water partition coefficient (Wildman–Crippen LogP) is 4.25. The number of hydrogen-bond acceptors (Lipinski definition) is 2. The van der Waals surface area contributed by atoms with Gasteiger partial charge in [-0.2, -0.15) is 0 Å². The van der Waals surface area contributed by atoms with Gasteiger partial charge in [0.2, 0.25) is 5.91 Å². The van der Waals surface area contributed by atoms with Crippen LogP contribution in [0, 0.1) is 12.7 Å². The molecule has 1 N–H and O–H groups in total. The highest BCUT2D eigenvalue weighted by molar-refractivity contribution is 8.00. The number of nitrogens with one attached hydrogen (secondary N) is 1. The van der Waals surface area contributed by atoms with E-state index < -0.39 is 0 Å². The molecule has 1 atom stereocenters. The van der Waals surface area contributed by atoms with E-state index in [-0.39, 0.29) is 17.0 Å². The smallest absolute Gasteiger partial charge is 0.237 e. The van der Waals surface area contributed by atoms with Crippen molar-refractivity contribution in [3.63, 3.8) is 0 Å². The van der Waals surface area contributed by atoms with Crippen molar-refractivity contribution in [2.24, 2.45) is 0 Å². The van der Waals surface area contributed by atoms with Crippen LogP contribution >= 0.6 is 11.8 Å². The third-order valence-electron chi connectivity index (χ3n) is 2.83. The fraction of sp³-hybridized carbons (Fsp3) is 0.188. The number of halogens is 1. The van der Waals surface area contributed by atoms with Gasteiger partial charge in [0.1, 0.15) is 5.82 Å². The third-order valence-corrected chi connectivity index (χ3v) is 3.98. The molecule has 0 saturated heterocycles. The maximum atomic E-state index is 13.5. The van der Waals surface area contributed by atoms with Crippen LogP contribution in [0.2, 0.25) is 0 Å². The van der Waals surface area contributed by atoms with Crippen LogP contribution in [0.3, 0.4) is 0 Å². The van der Waals surface area contributed by atoms with Gasteiger partial charge in [-0.05, 0) is 38.1 Å². The largest absolute Gasteiger partial charge is 0.325 e. The average molecular weight is 289 g/mol. The van der Waals surface area contributed by atoms with E-state index in [0.29, 0.717) is 4.90 Å². The number of aryl methyl sites for hydroxylation is 1. The van der Waals surface area contributed by atoms with E-state index in [9.17, 15) is 9.18 Å². The monoisotopic (exact) mass is 289 g/mol. The number of hydrogen-bond donors (Lipinski definition) is 1. The highest BCUT2D eigenvalue weighted by atomic mass is 32.2. The van der Waals surface area contributed by atoms with Crippen molar-refractivity contribution < 1.29 is 9.18 Å². The second-order valence-corrected chi connectivity index (χ2v) is 5.93. The van der Waals surface area contributed by atoms with E-state index in [1.54, 1.807) is 25.1 Å². The Hall–Kier alpha value is -1.81. The molecule has 2 aromatic rings. The van der Waals surface area contributed by atoms with Gasteiger partial charge in [0.05, 0.1) is 5.25 Å². The molecule has 0 aromatic heterocycles. The van der Waals surface area contributed by atoms with Gasteiger partial charge in [-0.3, -0.25) is 4.79 Å². The first-order valence-corrected chi connectivity index (χ1v) is 7.23. The van der Waals surface area contributed by atoms with Crippen LogP contribution in [0.1, 0.15) is 12.5 Å². The zero-order chi connectivity index (χ0) is 14.5. The highest BCUT2D eigenvalue weighted by Crippen LogP contribution is 2.26. The molecule has 0 radical (unpaired) electrons. The summed E-state index contributed by atoms with van der Waals surface area (Å²) in [5.41, 5.74) is 1.89. The fourth-order valence-electron chi connectivity index (χ4n) is 1.67. The van der Waals surface area contributed by atoms with E-state index >= 15 is 0 Å². The summed E-state index contributed by atoms with van der Waals surface area (Å²) in [4.78, 5) is 12.5. The Morgan fingerprint density at radius 3 is 2.45 bits per heavy atom. The number of thioether (sulfide) groups is 1. The molecule has 1 amide bonds. The summed E-state index contributed by atoms with van der Waals surface area (Å²) in [7, 11) is 0. The van der Waals surface area contributed by atoms with Gasteiger partial charge in [-0.15, -0.1) is 11.8 Å². The van der Waals surface area contributed by atoms with Crippen LogP contribution in [0.25, 0.3) is 0 Å². The lowest BCUT2D eigenvalue weighted by molar-refractivity contribution is -0.115. The summed E-state index contributed by atoms with van der Waals surface area (Å²) >= 11 is 1.21. The molecule has 0 saturated carbocycles. The predicted molar refractivity (Wildman–Crippen MR) is 81.5 cm³/mol. The minimum atomic E-state index is -0.367. The first-order valence-electron chi connectivity index (χ1n) is 6.35. The van der Waals surface area contributed by atoms with Crippen LogP contribution in [-0.4, -0.2) is 11.2 Å². The molecule has 20 heavy (non-hydrogen) atoms. The molecule has 2 rings (SSSR count). The van der Waals surface area contributed by atoms with E-state index in [2.05, 4.69) is 5.32 Å². The SMILES string of the molecule is Cc1ccc(NC(=O)C(C)Sc2ccccc2F)cc1. The Labute approximate surface area is 122 Å². The van der Waals surface area contributed by atoms with Crippen molar-refractivity contribution in [1.82, 2.24) is 0 Å². The molecule has 0 aliphatic rings. The van der Waals surface area contributed by atoms with Gasteiger partial charge in [0.15, 0.2) is 0 Å². The van der Waals surface area contributed by atoms with Crippen molar-refractivity contribution in [2.75, 3.05) is 5.32 Å². The summed E-state index contributed by atoms with van der Waals surface area (Å²) in [5.74, 6) is -0.436. The number of carbonyl (C=O) groups is 1. The molecule has 1 unspecified atom stereocenters. The maximum absolute atomic E-state index is 13.5. The molecule has 4 heteroatoms. The molecule has 2 nitrogen and oxygen atoms in total. The van der Waals surface area contributed by atoms with Crippen LogP contribution in [0.15, 0.2) is 53.4 Å². The fourth-order valence-corrected chi connectivity index (χ4v) is 2.55. The summed E-state index contributed by atoms with van der Waals surface area (Å²) in [6.45, 7) is 3.75. The normalized spacial score (nSPS) is 11.9. The standard InChI is InChI=1S/C16H16FNOS/c1-11-7-9-13(10-8-11)18-16(19)12(2)20-15-6-4-3-5-14(15)17/h3-10,12H,1-2H3,(H,18,19). The maximum Gasteiger partial charge on any atom is 0.237 e. The van der Waals surface area contributed by atoms with Gasteiger partial charge >= 0.3 is 0 Å². The van der Waals surface area contributed by atoms with Crippen molar-refractivity contribution >= 4 is 23.4 Å². The lowest BCUT2D eigenvalue weighted by Gasteiger charge is -2.12. The lowest BCUT2D eigenvalue weighted by atomic mass is 10.2. The second-order valence-electron chi connectivity index (χ2n) is 4.55. The molecular weight excluding hydrogens is 273 g/mol. The average Bonchev–Trinajstić information content (AvgIpc) is 2.44.